The molecule has 92 valence electrons. The van der Waals surface area contributed by atoms with Crippen LogP contribution in [0.15, 0.2) is 65.7 Å². The van der Waals surface area contributed by atoms with Gasteiger partial charge in [0, 0.05) is 12.4 Å². The molecule has 0 radical (unpaired) electrons. The summed E-state index contributed by atoms with van der Waals surface area (Å²) in [5.74, 6) is 0.477. The van der Waals surface area contributed by atoms with Crippen molar-refractivity contribution in [1.29, 1.82) is 0 Å². The lowest BCUT2D eigenvalue weighted by atomic mass is 10.1. The van der Waals surface area contributed by atoms with Crippen molar-refractivity contribution in [2.24, 2.45) is 0 Å². The lowest BCUT2D eigenvalue weighted by molar-refractivity contribution is 1.10. The molecular weight excluding hydrogens is 238 g/mol. The van der Waals surface area contributed by atoms with Crippen LogP contribution in [0.2, 0.25) is 0 Å². The van der Waals surface area contributed by atoms with Crippen molar-refractivity contribution in [2.45, 2.75) is 0 Å². The molecule has 0 fully saturated rings. The zero-order chi connectivity index (χ0) is 13.1. The lowest BCUT2D eigenvalue weighted by Crippen LogP contribution is -2.11. The maximum atomic E-state index is 12.1. The number of hydrogen-bond acceptors (Lipinski definition) is 3. The van der Waals surface area contributed by atoms with E-state index >= 15 is 0 Å². The molecule has 0 amide bonds. The number of nitrogens with zero attached hydrogens (tertiary/aromatic N) is 2. The Morgan fingerprint density at radius 1 is 0.895 bits per heavy atom. The first-order valence-corrected chi connectivity index (χ1v) is 5.91. The number of H-pyrrole nitrogens is 1. The number of pyridine rings is 1. The molecule has 4 nitrogen and oxygen atoms in total. The van der Waals surface area contributed by atoms with E-state index in [1.807, 2.05) is 42.5 Å². The zero-order valence-corrected chi connectivity index (χ0v) is 10.1. The van der Waals surface area contributed by atoms with Crippen LogP contribution in [0.25, 0.3) is 22.6 Å². The summed E-state index contributed by atoms with van der Waals surface area (Å²) in [7, 11) is 0. The standard InChI is InChI=1S/C15H11N3O/c19-15-12(11-6-2-1-3-7-11)10-17-14(18-15)13-8-4-5-9-16-13/h1-10H,(H,17,18,19). The molecule has 0 aliphatic rings. The fourth-order valence-electron chi connectivity index (χ4n) is 1.85. The van der Waals surface area contributed by atoms with Gasteiger partial charge in [0.25, 0.3) is 5.56 Å². The molecule has 0 saturated heterocycles. The van der Waals surface area contributed by atoms with Gasteiger partial charge >= 0.3 is 0 Å². The first kappa shape index (κ1) is 11.3. The highest BCUT2D eigenvalue weighted by atomic mass is 16.1. The summed E-state index contributed by atoms with van der Waals surface area (Å²) in [5.41, 5.74) is 1.89. The van der Waals surface area contributed by atoms with E-state index in [-0.39, 0.29) is 5.56 Å². The van der Waals surface area contributed by atoms with E-state index < -0.39 is 0 Å². The summed E-state index contributed by atoms with van der Waals surface area (Å²) < 4.78 is 0. The third kappa shape index (κ3) is 2.28. The fourth-order valence-corrected chi connectivity index (χ4v) is 1.85. The predicted octanol–water partition coefficient (Wildman–Crippen LogP) is 2.50. The first-order chi connectivity index (χ1) is 9.34. The summed E-state index contributed by atoms with van der Waals surface area (Å²) in [6.45, 7) is 0. The quantitative estimate of drug-likeness (QED) is 0.759. The minimum Gasteiger partial charge on any atom is -0.305 e. The molecular formula is C15H11N3O. The van der Waals surface area contributed by atoms with Crippen molar-refractivity contribution in [3.63, 3.8) is 0 Å². The van der Waals surface area contributed by atoms with Crippen molar-refractivity contribution in [2.75, 3.05) is 0 Å². The Morgan fingerprint density at radius 2 is 1.68 bits per heavy atom. The molecule has 2 aromatic heterocycles. The molecule has 3 aromatic rings. The van der Waals surface area contributed by atoms with Crippen LogP contribution < -0.4 is 5.56 Å². The highest BCUT2D eigenvalue weighted by molar-refractivity contribution is 5.62. The Morgan fingerprint density at radius 3 is 2.37 bits per heavy atom. The second-order valence-corrected chi connectivity index (χ2v) is 4.06. The summed E-state index contributed by atoms with van der Waals surface area (Å²) in [5, 5.41) is 0. The summed E-state index contributed by atoms with van der Waals surface area (Å²) in [6.07, 6.45) is 3.25. The van der Waals surface area contributed by atoms with Crippen LogP contribution in [0, 0.1) is 0 Å². The monoisotopic (exact) mass is 249 g/mol. The second kappa shape index (κ2) is 4.86. The predicted molar refractivity (Wildman–Crippen MR) is 73.5 cm³/mol. The van der Waals surface area contributed by atoms with E-state index in [1.54, 1.807) is 18.5 Å². The number of hydrogen-bond donors (Lipinski definition) is 1. The molecule has 1 N–H and O–H groups in total. The van der Waals surface area contributed by atoms with Gasteiger partial charge < -0.3 is 4.98 Å². The van der Waals surface area contributed by atoms with Crippen molar-refractivity contribution in [3.05, 3.63) is 71.3 Å². The molecule has 0 spiro atoms. The molecule has 0 saturated carbocycles. The van der Waals surface area contributed by atoms with Gasteiger partial charge in [0.15, 0.2) is 5.82 Å². The van der Waals surface area contributed by atoms with E-state index in [1.165, 1.54) is 0 Å². The van der Waals surface area contributed by atoms with Crippen LogP contribution in [0.5, 0.6) is 0 Å². The van der Waals surface area contributed by atoms with Crippen LogP contribution in [0.1, 0.15) is 0 Å². The van der Waals surface area contributed by atoms with Crippen molar-refractivity contribution < 1.29 is 0 Å². The number of benzene rings is 1. The van der Waals surface area contributed by atoms with Crippen LogP contribution in [0.3, 0.4) is 0 Å². The molecule has 0 unspecified atom stereocenters. The van der Waals surface area contributed by atoms with Gasteiger partial charge in [0.1, 0.15) is 5.69 Å². The first-order valence-electron chi connectivity index (χ1n) is 5.91. The van der Waals surface area contributed by atoms with Crippen LogP contribution >= 0.6 is 0 Å². The van der Waals surface area contributed by atoms with Crippen LogP contribution in [0.4, 0.5) is 0 Å². The van der Waals surface area contributed by atoms with Gasteiger partial charge in [-0.05, 0) is 17.7 Å². The molecule has 0 atom stereocenters. The van der Waals surface area contributed by atoms with E-state index in [4.69, 9.17) is 0 Å². The molecule has 2 heterocycles. The number of aromatic nitrogens is 3. The van der Waals surface area contributed by atoms with Crippen molar-refractivity contribution >= 4 is 0 Å². The Balaban J connectivity index is 2.07. The molecule has 19 heavy (non-hydrogen) atoms. The van der Waals surface area contributed by atoms with Gasteiger partial charge in [0.05, 0.1) is 5.56 Å². The molecule has 0 bridgehead atoms. The number of rotatable bonds is 2. The Labute approximate surface area is 109 Å². The third-order valence-electron chi connectivity index (χ3n) is 2.79. The number of aromatic amines is 1. The van der Waals surface area contributed by atoms with E-state index in [0.29, 0.717) is 17.1 Å². The average molecular weight is 249 g/mol. The summed E-state index contributed by atoms with van der Waals surface area (Å²) in [6, 6.07) is 14.9. The molecule has 4 heteroatoms. The van der Waals surface area contributed by atoms with Crippen molar-refractivity contribution in [1.82, 2.24) is 15.0 Å². The maximum absolute atomic E-state index is 12.1. The maximum Gasteiger partial charge on any atom is 0.259 e. The minimum absolute atomic E-state index is 0.165. The van der Waals surface area contributed by atoms with E-state index in [9.17, 15) is 4.79 Å². The van der Waals surface area contributed by atoms with Crippen molar-refractivity contribution in [3.8, 4) is 22.6 Å². The topological polar surface area (TPSA) is 58.6 Å². The van der Waals surface area contributed by atoms with Gasteiger partial charge in [-0.25, -0.2) is 4.98 Å². The van der Waals surface area contributed by atoms with Gasteiger partial charge in [-0.3, -0.25) is 9.78 Å². The Kier molecular flexibility index (Phi) is 2.90. The largest absolute Gasteiger partial charge is 0.305 e. The normalized spacial score (nSPS) is 10.3. The van der Waals surface area contributed by atoms with Gasteiger partial charge in [-0.1, -0.05) is 36.4 Å². The van der Waals surface area contributed by atoms with Gasteiger partial charge in [0.2, 0.25) is 0 Å². The van der Waals surface area contributed by atoms with Crippen LogP contribution in [-0.2, 0) is 0 Å². The summed E-state index contributed by atoms with van der Waals surface area (Å²) >= 11 is 0. The fraction of sp³-hybridized carbons (Fsp3) is 0. The third-order valence-corrected chi connectivity index (χ3v) is 2.79. The SMILES string of the molecule is O=c1[nH]c(-c2ccccn2)ncc1-c1ccccc1. The van der Waals surface area contributed by atoms with Crippen LogP contribution in [-0.4, -0.2) is 15.0 Å². The minimum atomic E-state index is -0.165. The number of nitrogens with one attached hydrogen (secondary N) is 1. The average Bonchev–Trinajstić information content (AvgIpc) is 2.49. The van der Waals surface area contributed by atoms with E-state index in [2.05, 4.69) is 15.0 Å². The highest BCUT2D eigenvalue weighted by Gasteiger charge is 2.06. The van der Waals surface area contributed by atoms with Gasteiger partial charge in [-0.2, -0.15) is 0 Å². The molecule has 0 aliphatic carbocycles. The molecule has 0 aliphatic heterocycles. The molecule has 3 rings (SSSR count). The lowest BCUT2D eigenvalue weighted by Gasteiger charge is -2.02. The highest BCUT2D eigenvalue weighted by Crippen LogP contribution is 2.15. The Hall–Kier alpha value is -2.75. The summed E-state index contributed by atoms with van der Waals surface area (Å²) in [4.78, 5) is 23.3. The molecule has 1 aromatic carbocycles. The smallest absolute Gasteiger partial charge is 0.259 e. The Bertz CT molecular complexity index is 736. The zero-order valence-electron chi connectivity index (χ0n) is 10.1. The van der Waals surface area contributed by atoms with Gasteiger partial charge in [-0.15, -0.1) is 0 Å². The van der Waals surface area contributed by atoms with E-state index in [0.717, 1.165) is 5.56 Å². The second-order valence-electron chi connectivity index (χ2n) is 4.06.